The highest BCUT2D eigenvalue weighted by Crippen LogP contribution is 2.36. The van der Waals surface area contributed by atoms with Gasteiger partial charge in [-0.3, -0.25) is 0 Å². The minimum atomic E-state index is -0.325. The molecule has 0 saturated carbocycles. The van der Waals surface area contributed by atoms with Gasteiger partial charge in [-0.15, -0.1) is 0 Å². The zero-order chi connectivity index (χ0) is 15.5. The molecule has 0 aliphatic carbocycles. The molecule has 0 amide bonds. The van der Waals surface area contributed by atoms with Gasteiger partial charge in [0.05, 0.1) is 11.2 Å². The van der Waals surface area contributed by atoms with Crippen LogP contribution in [0.4, 0.5) is 0 Å². The Bertz CT molecular complexity index is 541. The van der Waals surface area contributed by atoms with Crippen LogP contribution in [0.1, 0.15) is 39.7 Å². The molecule has 1 aromatic rings. The van der Waals surface area contributed by atoms with Gasteiger partial charge < -0.3 is 14.6 Å². The van der Waals surface area contributed by atoms with Gasteiger partial charge in [-0.05, 0) is 52.3 Å². The summed E-state index contributed by atoms with van der Waals surface area (Å²) in [5.74, 6) is 6.34. The van der Waals surface area contributed by atoms with Crippen LogP contribution >= 0.6 is 0 Å². The summed E-state index contributed by atoms with van der Waals surface area (Å²) >= 11 is 0. The average molecular weight is 285 g/mol. The van der Waals surface area contributed by atoms with Gasteiger partial charge in [-0.2, -0.15) is 0 Å². The second kappa shape index (κ2) is 6.23. The van der Waals surface area contributed by atoms with Crippen molar-refractivity contribution in [2.75, 3.05) is 13.6 Å². The van der Waals surface area contributed by atoms with Gasteiger partial charge in [-0.25, -0.2) is 0 Å². The fourth-order valence-electron chi connectivity index (χ4n) is 2.09. The summed E-state index contributed by atoms with van der Waals surface area (Å²) in [6.45, 7) is 9.16. The highest BCUT2D eigenvalue weighted by atomic mass is 16.7. The van der Waals surface area contributed by atoms with E-state index in [1.165, 1.54) is 0 Å². The summed E-state index contributed by atoms with van der Waals surface area (Å²) in [6.07, 6.45) is 0.844. The van der Waals surface area contributed by atoms with Crippen LogP contribution in [0.25, 0.3) is 0 Å². The van der Waals surface area contributed by atoms with Gasteiger partial charge in [-0.1, -0.05) is 24.0 Å². The molecule has 1 aliphatic heterocycles. The number of benzene rings is 1. The van der Waals surface area contributed by atoms with Crippen LogP contribution in [0, 0.1) is 11.8 Å². The topological polar surface area (TPSA) is 30.5 Å². The Morgan fingerprint density at radius 3 is 2.43 bits per heavy atom. The standard InChI is InChI=1S/C17H24BNO2/c1-16(2)17(3,4)21-18(20-16)15-11-8-10-14(13-15)9-6-7-12-19-5/h8,10-11,13,19H,7,12H2,1-5H3. The van der Waals surface area contributed by atoms with Crippen molar-refractivity contribution in [1.82, 2.24) is 5.32 Å². The van der Waals surface area contributed by atoms with Crippen molar-refractivity contribution in [3.63, 3.8) is 0 Å². The van der Waals surface area contributed by atoms with E-state index in [1.54, 1.807) is 0 Å². The summed E-state index contributed by atoms with van der Waals surface area (Å²) in [7, 11) is 1.61. The first-order valence-electron chi connectivity index (χ1n) is 7.45. The molecule has 0 unspecified atom stereocenters. The molecule has 1 heterocycles. The molecule has 4 heteroatoms. The van der Waals surface area contributed by atoms with Crippen LogP contribution in [0.2, 0.25) is 0 Å². The van der Waals surface area contributed by atoms with Gasteiger partial charge in [0, 0.05) is 18.5 Å². The third-order valence-corrected chi connectivity index (χ3v) is 4.14. The number of hydrogen-bond acceptors (Lipinski definition) is 3. The molecule has 3 nitrogen and oxygen atoms in total. The van der Waals surface area contributed by atoms with Crippen LogP contribution in [0.5, 0.6) is 0 Å². The molecule has 1 saturated heterocycles. The van der Waals surface area contributed by atoms with Crippen molar-refractivity contribution in [2.45, 2.75) is 45.3 Å². The molecule has 112 valence electrons. The van der Waals surface area contributed by atoms with Crippen molar-refractivity contribution < 1.29 is 9.31 Å². The lowest BCUT2D eigenvalue weighted by Gasteiger charge is -2.32. The zero-order valence-electron chi connectivity index (χ0n) is 13.6. The maximum atomic E-state index is 6.07. The van der Waals surface area contributed by atoms with E-state index >= 15 is 0 Å². The highest BCUT2D eigenvalue weighted by molar-refractivity contribution is 6.62. The van der Waals surface area contributed by atoms with Gasteiger partial charge >= 0.3 is 7.12 Å². The maximum Gasteiger partial charge on any atom is 0.494 e. The van der Waals surface area contributed by atoms with Crippen molar-refractivity contribution >= 4 is 12.6 Å². The van der Waals surface area contributed by atoms with Crippen molar-refractivity contribution in [3.05, 3.63) is 29.8 Å². The molecular formula is C17H24BNO2. The largest absolute Gasteiger partial charge is 0.494 e. The highest BCUT2D eigenvalue weighted by Gasteiger charge is 2.51. The summed E-state index contributed by atoms with van der Waals surface area (Å²) < 4.78 is 12.1. The van der Waals surface area contributed by atoms with E-state index in [0.717, 1.165) is 24.0 Å². The molecule has 0 radical (unpaired) electrons. The lowest BCUT2D eigenvalue weighted by Crippen LogP contribution is -2.41. The zero-order valence-corrected chi connectivity index (χ0v) is 13.6. The lowest BCUT2D eigenvalue weighted by molar-refractivity contribution is 0.00578. The minimum absolute atomic E-state index is 0.313. The molecule has 0 aromatic heterocycles. The van der Waals surface area contributed by atoms with Crippen LogP contribution in [-0.4, -0.2) is 31.9 Å². The summed E-state index contributed by atoms with van der Waals surface area (Å²) in [5.41, 5.74) is 1.39. The molecule has 21 heavy (non-hydrogen) atoms. The summed E-state index contributed by atoms with van der Waals surface area (Å²) in [6, 6.07) is 8.10. The first-order valence-corrected chi connectivity index (χ1v) is 7.45. The molecule has 0 spiro atoms. The average Bonchev–Trinajstić information content (AvgIpc) is 2.64. The van der Waals surface area contributed by atoms with E-state index in [9.17, 15) is 0 Å². The smallest absolute Gasteiger partial charge is 0.399 e. The Kier molecular flexibility index (Phi) is 4.78. The predicted octanol–water partition coefficient (Wildman–Crippen LogP) is 1.95. The lowest BCUT2D eigenvalue weighted by atomic mass is 9.78. The van der Waals surface area contributed by atoms with Crippen molar-refractivity contribution in [3.8, 4) is 11.8 Å². The maximum absolute atomic E-state index is 6.07. The molecule has 1 aromatic carbocycles. The van der Waals surface area contributed by atoms with Crippen LogP contribution < -0.4 is 10.8 Å². The van der Waals surface area contributed by atoms with E-state index in [2.05, 4.69) is 50.9 Å². The van der Waals surface area contributed by atoms with Crippen molar-refractivity contribution in [1.29, 1.82) is 0 Å². The molecular weight excluding hydrogens is 261 g/mol. The van der Waals surface area contributed by atoms with Crippen LogP contribution in [-0.2, 0) is 9.31 Å². The Balaban J connectivity index is 2.13. The van der Waals surface area contributed by atoms with Gasteiger partial charge in [0.15, 0.2) is 0 Å². The second-order valence-electron chi connectivity index (χ2n) is 6.37. The Labute approximate surface area is 128 Å². The summed E-state index contributed by atoms with van der Waals surface area (Å²) in [5, 5.41) is 3.09. The van der Waals surface area contributed by atoms with Gasteiger partial charge in [0.2, 0.25) is 0 Å². The van der Waals surface area contributed by atoms with Gasteiger partial charge in [0.25, 0.3) is 0 Å². The number of rotatable bonds is 3. The van der Waals surface area contributed by atoms with E-state index < -0.39 is 0 Å². The van der Waals surface area contributed by atoms with Gasteiger partial charge in [0.1, 0.15) is 0 Å². The first kappa shape index (κ1) is 16.1. The Hall–Kier alpha value is -1.28. The third kappa shape index (κ3) is 3.68. The first-order chi connectivity index (χ1) is 9.86. The fourth-order valence-corrected chi connectivity index (χ4v) is 2.09. The fraction of sp³-hybridized carbons (Fsp3) is 0.529. The predicted molar refractivity (Wildman–Crippen MR) is 87.6 cm³/mol. The quantitative estimate of drug-likeness (QED) is 0.523. The Morgan fingerprint density at radius 1 is 1.14 bits per heavy atom. The second-order valence-corrected chi connectivity index (χ2v) is 6.37. The molecule has 1 fully saturated rings. The normalized spacial score (nSPS) is 19.2. The molecule has 2 rings (SSSR count). The van der Waals surface area contributed by atoms with Crippen LogP contribution in [0.3, 0.4) is 0 Å². The van der Waals surface area contributed by atoms with Crippen LogP contribution in [0.15, 0.2) is 24.3 Å². The molecule has 0 bridgehead atoms. The number of hydrogen-bond donors (Lipinski definition) is 1. The number of nitrogens with one attached hydrogen (secondary N) is 1. The van der Waals surface area contributed by atoms with E-state index in [1.807, 2.05) is 25.2 Å². The molecule has 1 aliphatic rings. The third-order valence-electron chi connectivity index (χ3n) is 4.14. The monoisotopic (exact) mass is 285 g/mol. The van der Waals surface area contributed by atoms with Crippen molar-refractivity contribution in [2.24, 2.45) is 0 Å². The summed E-state index contributed by atoms with van der Waals surface area (Å²) in [4.78, 5) is 0. The Morgan fingerprint density at radius 2 is 1.81 bits per heavy atom. The van der Waals surface area contributed by atoms with E-state index in [4.69, 9.17) is 9.31 Å². The molecule has 1 N–H and O–H groups in total. The minimum Gasteiger partial charge on any atom is -0.399 e. The SMILES string of the molecule is CNCCC#Cc1cccc(B2OC(C)(C)C(C)(C)O2)c1. The van der Waals surface area contributed by atoms with E-state index in [-0.39, 0.29) is 18.3 Å². The van der Waals surface area contributed by atoms with E-state index in [0.29, 0.717) is 0 Å². The molecule has 0 atom stereocenters.